The van der Waals surface area contributed by atoms with E-state index in [-0.39, 0.29) is 24.7 Å². The lowest BCUT2D eigenvalue weighted by Gasteiger charge is -2.72. The highest BCUT2D eigenvalue weighted by Gasteiger charge is 2.74. The van der Waals surface area contributed by atoms with E-state index in [9.17, 15) is 80.8 Å². The summed E-state index contributed by atoms with van der Waals surface area (Å²) in [6.45, 7) is 14.1. The van der Waals surface area contributed by atoms with Crippen LogP contribution >= 0.6 is 0 Å². The Hall–Kier alpha value is -2.83. The molecule has 7 fully saturated rings. The minimum absolute atomic E-state index is 0.0849. The van der Waals surface area contributed by atoms with E-state index in [2.05, 4.69) is 26.8 Å². The molecule has 0 bridgehead atoms. The number of aliphatic carboxylic acids is 1. The quantitative estimate of drug-likeness (QED) is 0.0415. The van der Waals surface area contributed by atoms with Crippen molar-refractivity contribution in [3.8, 4) is 0 Å². The van der Waals surface area contributed by atoms with E-state index in [0.717, 1.165) is 5.57 Å². The number of aliphatic hydroxyl groups is 12. The normalized spacial score (nSPS) is 50.6. The van der Waals surface area contributed by atoms with Gasteiger partial charge in [0.15, 0.2) is 25.0 Å². The molecule has 5 aliphatic carbocycles. The van der Waals surface area contributed by atoms with Gasteiger partial charge < -0.3 is 104 Å². The minimum atomic E-state index is -2.18. The third kappa shape index (κ3) is 9.94. The fourth-order valence-corrected chi connectivity index (χ4v) is 16.2. The van der Waals surface area contributed by atoms with E-state index in [4.69, 9.17) is 37.9 Å². The first-order valence-electron chi connectivity index (χ1n) is 27.7. The Bertz CT molecular complexity index is 2290. The van der Waals surface area contributed by atoms with Crippen LogP contribution in [0.15, 0.2) is 23.3 Å². The summed E-state index contributed by atoms with van der Waals surface area (Å²) in [5.74, 6) is -3.88. The fourth-order valence-electron chi connectivity index (χ4n) is 16.2. The van der Waals surface area contributed by atoms with Gasteiger partial charge in [-0.1, -0.05) is 59.3 Å². The zero-order valence-corrected chi connectivity index (χ0v) is 46.4. The molecule has 4 saturated carbocycles. The number of allylic oxidation sites excluding steroid dienone is 3. The Labute approximate surface area is 459 Å². The largest absolute Gasteiger partial charge is 0.479 e. The van der Waals surface area contributed by atoms with Crippen LogP contribution in [0.1, 0.15) is 107 Å². The maximum absolute atomic E-state index is 13.4. The smallest absolute Gasteiger partial charge is 0.335 e. The average Bonchev–Trinajstić information content (AvgIpc) is 3.25. The number of esters is 2. The second-order valence-corrected chi connectivity index (χ2v) is 25.5. The molecule has 8 rings (SSSR count). The predicted molar refractivity (Wildman–Crippen MR) is 269 cm³/mol. The number of carboxylic acids is 1. The first-order chi connectivity index (χ1) is 36.9. The molecule has 27 atom stereocenters. The Balaban J connectivity index is 1.12. The molecule has 3 heterocycles. The van der Waals surface area contributed by atoms with Gasteiger partial charge in [-0.15, -0.1) is 0 Å². The van der Waals surface area contributed by atoms with Crippen molar-refractivity contribution in [2.24, 2.45) is 50.2 Å². The third-order valence-electron chi connectivity index (χ3n) is 21.1. The van der Waals surface area contributed by atoms with Crippen LogP contribution in [0.2, 0.25) is 0 Å². The second-order valence-electron chi connectivity index (χ2n) is 25.5. The summed E-state index contributed by atoms with van der Waals surface area (Å²) >= 11 is 0. The molecule has 450 valence electrons. The summed E-state index contributed by atoms with van der Waals surface area (Å²) in [4.78, 5) is 39.5. The topological polar surface area (TPSA) is 388 Å². The highest BCUT2D eigenvalue weighted by molar-refractivity contribution is 5.87. The summed E-state index contributed by atoms with van der Waals surface area (Å²) in [5.41, 5.74) is -3.78. The predicted octanol–water partition coefficient (Wildman–Crippen LogP) is -1.32. The zero-order chi connectivity index (χ0) is 58.4. The number of carbonyl (C=O) groups excluding carboxylic acids is 2. The molecule has 24 heteroatoms. The number of fused-ring (bicyclic) bond motifs is 7. The van der Waals surface area contributed by atoms with Crippen LogP contribution in [-0.4, -0.2) is 227 Å². The Morgan fingerprint density at radius 3 is 1.76 bits per heavy atom. The number of hydrogen-bond acceptors (Lipinski definition) is 23. The SMILES string of the molecule is C/C=C(/C)C(=O)O[C@H]1[C@H](OC(C)=O)[C@@]2(CO)C(CC1(C)C)C1=CCC3[C@@]4(C)CC[C@H](OC5OC(C(=O)O)C(OC6OC(CO)C(O)C(O)C6O)C(O)C5OC5OC(CO)C(O)C(O)C5O)C(C)(CO)C4CC[C@@]3(C)[C@]1(C)C[C@H]2O. The van der Waals surface area contributed by atoms with Crippen molar-refractivity contribution < 1.29 is 119 Å². The number of ether oxygens (including phenoxy) is 8. The van der Waals surface area contributed by atoms with Crippen molar-refractivity contribution in [2.45, 2.75) is 224 Å². The maximum Gasteiger partial charge on any atom is 0.335 e. The van der Waals surface area contributed by atoms with E-state index in [0.29, 0.717) is 37.7 Å². The van der Waals surface area contributed by atoms with Crippen LogP contribution in [0.25, 0.3) is 0 Å². The third-order valence-corrected chi connectivity index (χ3v) is 21.1. The van der Waals surface area contributed by atoms with Gasteiger partial charge in [0.2, 0.25) is 0 Å². The lowest BCUT2D eigenvalue weighted by atomic mass is 9.33. The molecule has 79 heavy (non-hydrogen) atoms. The Kier molecular flexibility index (Phi) is 17.8. The van der Waals surface area contributed by atoms with Crippen LogP contribution in [0.3, 0.4) is 0 Å². The molecule has 13 N–H and O–H groups in total. The lowest BCUT2D eigenvalue weighted by molar-refractivity contribution is -0.392. The molecule has 0 radical (unpaired) electrons. The molecule has 24 nitrogen and oxygen atoms in total. The van der Waals surface area contributed by atoms with Gasteiger partial charge in [-0.25, -0.2) is 9.59 Å². The number of rotatable bonds is 14. The van der Waals surface area contributed by atoms with E-state index in [1.807, 2.05) is 20.8 Å². The fraction of sp³-hybridized carbons (Fsp3) is 0.873. The van der Waals surface area contributed by atoms with Crippen LogP contribution in [0.5, 0.6) is 0 Å². The van der Waals surface area contributed by atoms with Crippen molar-refractivity contribution >= 4 is 17.9 Å². The average molecular weight is 1130 g/mol. The molecule has 0 aromatic rings. The minimum Gasteiger partial charge on any atom is -0.479 e. The summed E-state index contributed by atoms with van der Waals surface area (Å²) in [6, 6.07) is 0. The van der Waals surface area contributed by atoms with Gasteiger partial charge in [-0.2, -0.15) is 0 Å². The number of carboxylic acid groups (broad SMARTS) is 1. The van der Waals surface area contributed by atoms with E-state index >= 15 is 0 Å². The lowest BCUT2D eigenvalue weighted by Crippen LogP contribution is -2.72. The van der Waals surface area contributed by atoms with Crippen molar-refractivity contribution in [1.82, 2.24) is 0 Å². The monoisotopic (exact) mass is 1130 g/mol. The van der Waals surface area contributed by atoms with E-state index in [1.54, 1.807) is 19.9 Å². The summed E-state index contributed by atoms with van der Waals surface area (Å²) in [6.07, 6.45) is -26.5. The van der Waals surface area contributed by atoms with Gasteiger partial charge in [-0.3, -0.25) is 4.79 Å². The molecule has 0 aromatic heterocycles. The van der Waals surface area contributed by atoms with Gasteiger partial charge in [-0.05, 0) is 92.8 Å². The number of carbonyl (C=O) groups is 3. The van der Waals surface area contributed by atoms with Crippen molar-refractivity contribution in [1.29, 1.82) is 0 Å². The molecule has 8 aliphatic rings. The number of aliphatic hydroxyl groups excluding tert-OH is 12. The Morgan fingerprint density at radius 2 is 1.24 bits per heavy atom. The molecular formula is C55H86O24. The molecule has 3 saturated heterocycles. The van der Waals surface area contributed by atoms with Crippen molar-refractivity contribution in [3.63, 3.8) is 0 Å². The first-order valence-corrected chi connectivity index (χ1v) is 27.7. The van der Waals surface area contributed by atoms with Crippen LogP contribution in [0, 0.1) is 50.2 Å². The van der Waals surface area contributed by atoms with Crippen molar-refractivity contribution in [3.05, 3.63) is 23.3 Å². The standard InChI is InChI=1S/C55H86O24/c1-10-23(2)46(71)79-43-44(72-24(3)60)55(22-59)26(17-50(43,4)5)25-11-12-30-51(6)15-14-32(52(7,21-58)29(51)13-16-53(30,8)54(25,9)18-31(55)61)75-49-41(77-48-38(67)36(65)34(63)28(20-57)74-48)39(68)40(42(78-49)45(69)70)76-47-37(66)35(64)33(62)27(19-56)73-47/h10-11,26-44,47-49,56-59,61-68H,12-22H2,1-9H3,(H,69,70)/b23-10-/t26?,27?,28?,29?,30?,31-,32+,33?,34?,35?,36?,37?,38?,39?,40?,41?,42?,43+,44+,47?,48?,49?,51+,52?,53-,54-,55+/m1/s1. The van der Waals surface area contributed by atoms with Gasteiger partial charge >= 0.3 is 17.9 Å². The zero-order valence-electron chi connectivity index (χ0n) is 46.4. The molecule has 0 amide bonds. The van der Waals surface area contributed by atoms with Gasteiger partial charge in [0.05, 0.1) is 44.1 Å². The van der Waals surface area contributed by atoms with Crippen LogP contribution < -0.4 is 0 Å². The highest BCUT2D eigenvalue weighted by atomic mass is 16.8. The molecule has 0 spiro atoms. The van der Waals surface area contributed by atoms with E-state index < -0.39 is 199 Å². The molecule has 3 aliphatic heterocycles. The summed E-state index contributed by atoms with van der Waals surface area (Å²) < 4.78 is 48.2. The van der Waals surface area contributed by atoms with Gasteiger partial charge in [0, 0.05) is 23.3 Å². The van der Waals surface area contributed by atoms with Gasteiger partial charge in [0.1, 0.15) is 79.4 Å². The van der Waals surface area contributed by atoms with Crippen LogP contribution in [-0.2, 0) is 52.3 Å². The second kappa shape index (κ2) is 22.6. The highest BCUT2D eigenvalue weighted by Crippen LogP contribution is 2.76. The van der Waals surface area contributed by atoms with E-state index in [1.165, 1.54) is 6.92 Å². The molecule has 19 unspecified atom stereocenters. The maximum atomic E-state index is 13.4. The first kappa shape index (κ1) is 62.2. The molecular weight excluding hydrogens is 1040 g/mol. The van der Waals surface area contributed by atoms with Gasteiger partial charge in [0.25, 0.3) is 0 Å². The van der Waals surface area contributed by atoms with Crippen LogP contribution in [0.4, 0.5) is 0 Å². The molecule has 0 aromatic carbocycles. The Morgan fingerprint density at radius 1 is 0.658 bits per heavy atom. The summed E-state index contributed by atoms with van der Waals surface area (Å²) in [5, 5.41) is 143. The van der Waals surface area contributed by atoms with Crippen molar-refractivity contribution in [2.75, 3.05) is 26.4 Å². The summed E-state index contributed by atoms with van der Waals surface area (Å²) in [7, 11) is 0. The number of hydrogen-bond donors (Lipinski definition) is 13.